The second kappa shape index (κ2) is 6.02. The minimum absolute atomic E-state index is 0.0871. The van der Waals surface area contributed by atoms with Crippen LogP contribution in [0.2, 0.25) is 0 Å². The summed E-state index contributed by atoms with van der Waals surface area (Å²) in [6, 6.07) is 3.12. The van der Waals surface area contributed by atoms with Gasteiger partial charge in [0.1, 0.15) is 0 Å². The molecule has 0 amide bonds. The van der Waals surface area contributed by atoms with E-state index in [4.69, 9.17) is 15.7 Å². The molecule has 112 valence electrons. The van der Waals surface area contributed by atoms with E-state index >= 15 is 0 Å². The summed E-state index contributed by atoms with van der Waals surface area (Å²) in [5.41, 5.74) is 2.56. The van der Waals surface area contributed by atoms with E-state index in [9.17, 15) is 8.42 Å². The van der Waals surface area contributed by atoms with Crippen LogP contribution in [-0.2, 0) is 14.8 Å². The molecule has 0 spiro atoms. The topological polar surface area (TPSA) is 118 Å². The van der Waals surface area contributed by atoms with Crippen molar-refractivity contribution in [2.75, 3.05) is 25.1 Å². The molecule has 1 aromatic rings. The molecule has 20 heavy (non-hydrogen) atoms. The molecule has 2 atom stereocenters. The summed E-state index contributed by atoms with van der Waals surface area (Å²) >= 11 is 0. The average molecular weight is 302 g/mol. The van der Waals surface area contributed by atoms with Crippen molar-refractivity contribution < 1.29 is 18.3 Å². The Morgan fingerprint density at radius 1 is 1.60 bits per heavy atom. The fraction of sp³-hybridized carbons (Fsp3) is 0.545. The van der Waals surface area contributed by atoms with Gasteiger partial charge in [0, 0.05) is 19.3 Å². The predicted molar refractivity (Wildman–Crippen MR) is 72.2 cm³/mol. The van der Waals surface area contributed by atoms with Crippen molar-refractivity contribution in [3.8, 4) is 0 Å². The largest absolute Gasteiger partial charge is 0.394 e. The van der Waals surface area contributed by atoms with Gasteiger partial charge in [-0.2, -0.15) is 4.31 Å². The molecule has 1 aliphatic heterocycles. The number of hydrogen-bond acceptors (Lipinski definition) is 7. The first-order chi connectivity index (χ1) is 9.48. The normalized spacial score (nSPS) is 24.6. The van der Waals surface area contributed by atoms with Crippen LogP contribution < -0.4 is 11.3 Å². The molecular weight excluding hydrogens is 284 g/mol. The quantitative estimate of drug-likeness (QED) is 0.489. The smallest absolute Gasteiger partial charge is 0.262 e. The Hall–Kier alpha value is -1.26. The highest BCUT2D eigenvalue weighted by Gasteiger charge is 2.35. The zero-order valence-electron chi connectivity index (χ0n) is 11.1. The third-order valence-electron chi connectivity index (χ3n) is 3.01. The summed E-state index contributed by atoms with van der Waals surface area (Å²) in [6.07, 6.45) is 0.557. The van der Waals surface area contributed by atoms with Gasteiger partial charge >= 0.3 is 0 Å². The number of hydrogen-bond donors (Lipinski definition) is 3. The molecule has 0 aromatic carbocycles. The van der Waals surface area contributed by atoms with Gasteiger partial charge < -0.3 is 15.3 Å². The van der Waals surface area contributed by atoms with Crippen LogP contribution in [0.15, 0.2) is 23.4 Å². The van der Waals surface area contributed by atoms with Crippen LogP contribution in [-0.4, -0.2) is 54.7 Å². The van der Waals surface area contributed by atoms with Crippen molar-refractivity contribution in [2.45, 2.75) is 24.2 Å². The first-order valence-electron chi connectivity index (χ1n) is 6.17. The number of aromatic nitrogens is 1. The number of hydrazine groups is 1. The predicted octanol–water partition coefficient (Wildman–Crippen LogP) is -0.862. The summed E-state index contributed by atoms with van der Waals surface area (Å²) in [5, 5.41) is 9.04. The number of aliphatic hydroxyl groups is 1. The lowest BCUT2D eigenvalue weighted by atomic mass is 10.2. The molecule has 0 bridgehead atoms. The van der Waals surface area contributed by atoms with Gasteiger partial charge in [0.2, 0.25) is 0 Å². The Balaban J connectivity index is 2.34. The van der Waals surface area contributed by atoms with E-state index < -0.39 is 16.1 Å². The number of nitrogens with two attached hydrogens (primary N) is 1. The molecule has 0 radical (unpaired) electrons. The molecule has 2 rings (SSSR count). The Bertz CT molecular complexity index is 565. The highest BCUT2D eigenvalue weighted by molar-refractivity contribution is 7.89. The van der Waals surface area contributed by atoms with Gasteiger partial charge in [0.05, 0.1) is 24.5 Å². The third-order valence-corrected chi connectivity index (χ3v) is 4.80. The van der Waals surface area contributed by atoms with E-state index in [-0.39, 0.29) is 36.5 Å². The minimum atomic E-state index is -3.79. The van der Waals surface area contributed by atoms with Crippen LogP contribution in [0.5, 0.6) is 0 Å². The zero-order valence-corrected chi connectivity index (χ0v) is 11.9. The summed E-state index contributed by atoms with van der Waals surface area (Å²) < 4.78 is 31.9. The molecule has 2 unspecified atom stereocenters. The highest BCUT2D eigenvalue weighted by Crippen LogP contribution is 2.24. The molecule has 1 saturated heterocycles. The molecule has 8 nitrogen and oxygen atoms in total. The first kappa shape index (κ1) is 15.1. The number of ether oxygens (including phenoxy) is 1. The van der Waals surface area contributed by atoms with Crippen LogP contribution in [0.1, 0.15) is 6.92 Å². The Labute approximate surface area is 117 Å². The maximum absolute atomic E-state index is 12.6. The van der Waals surface area contributed by atoms with Crippen LogP contribution in [0.25, 0.3) is 0 Å². The minimum Gasteiger partial charge on any atom is -0.394 e. The summed E-state index contributed by atoms with van der Waals surface area (Å²) in [6.45, 7) is 1.81. The van der Waals surface area contributed by atoms with E-state index in [1.807, 2.05) is 0 Å². The summed E-state index contributed by atoms with van der Waals surface area (Å²) in [4.78, 5) is 3.90. The molecule has 1 aromatic heterocycles. The molecule has 4 N–H and O–H groups in total. The van der Waals surface area contributed by atoms with Crippen molar-refractivity contribution in [1.82, 2.24) is 9.29 Å². The van der Waals surface area contributed by atoms with Crippen molar-refractivity contribution in [3.63, 3.8) is 0 Å². The fourth-order valence-electron chi connectivity index (χ4n) is 2.13. The van der Waals surface area contributed by atoms with Gasteiger partial charge in [-0.1, -0.05) is 0 Å². The number of sulfonamides is 1. The van der Waals surface area contributed by atoms with Crippen molar-refractivity contribution in [1.29, 1.82) is 0 Å². The number of pyridine rings is 1. The molecule has 1 fully saturated rings. The lowest BCUT2D eigenvalue weighted by Gasteiger charge is -2.35. The van der Waals surface area contributed by atoms with Crippen LogP contribution in [0.4, 0.5) is 5.69 Å². The zero-order chi connectivity index (χ0) is 14.8. The number of nitrogens with one attached hydrogen (secondary N) is 1. The second-order valence-electron chi connectivity index (χ2n) is 4.57. The van der Waals surface area contributed by atoms with Crippen LogP contribution >= 0.6 is 0 Å². The van der Waals surface area contributed by atoms with E-state index in [0.717, 1.165) is 0 Å². The number of anilines is 1. The number of aliphatic hydroxyl groups excluding tert-OH is 1. The number of nitrogens with zero attached hydrogens (tertiary/aromatic N) is 2. The fourth-order valence-corrected chi connectivity index (χ4v) is 3.74. The SMILES string of the molecule is CC1CN(S(=O)(=O)c2ncccc2NN)CC(CO)O1. The molecular formula is C11H18N4O4S. The number of rotatable bonds is 4. The van der Waals surface area contributed by atoms with Crippen molar-refractivity contribution >= 4 is 15.7 Å². The van der Waals surface area contributed by atoms with Gasteiger partial charge in [-0.25, -0.2) is 13.4 Å². The van der Waals surface area contributed by atoms with Crippen LogP contribution in [0, 0.1) is 0 Å². The van der Waals surface area contributed by atoms with Gasteiger partial charge in [-0.05, 0) is 19.1 Å². The Morgan fingerprint density at radius 2 is 2.35 bits per heavy atom. The van der Waals surface area contributed by atoms with Crippen molar-refractivity contribution in [2.24, 2.45) is 5.84 Å². The maximum Gasteiger partial charge on any atom is 0.262 e. The monoisotopic (exact) mass is 302 g/mol. The molecule has 2 heterocycles. The third kappa shape index (κ3) is 2.91. The Morgan fingerprint density at radius 3 is 3.00 bits per heavy atom. The summed E-state index contributed by atoms with van der Waals surface area (Å²) in [7, 11) is -3.79. The van der Waals surface area contributed by atoms with Gasteiger partial charge in [-0.15, -0.1) is 0 Å². The van der Waals surface area contributed by atoms with Crippen molar-refractivity contribution in [3.05, 3.63) is 18.3 Å². The van der Waals surface area contributed by atoms with E-state index in [1.165, 1.54) is 16.6 Å². The van der Waals surface area contributed by atoms with E-state index in [0.29, 0.717) is 0 Å². The lowest BCUT2D eigenvalue weighted by molar-refractivity contribution is -0.0750. The number of nitrogen functional groups attached to an aromatic ring is 1. The molecule has 0 aliphatic carbocycles. The molecule has 9 heteroatoms. The molecule has 1 aliphatic rings. The second-order valence-corrected chi connectivity index (χ2v) is 6.43. The average Bonchev–Trinajstić information content (AvgIpc) is 2.46. The number of morpholine rings is 1. The lowest BCUT2D eigenvalue weighted by Crippen LogP contribution is -2.50. The first-order valence-corrected chi connectivity index (χ1v) is 7.61. The van der Waals surface area contributed by atoms with Gasteiger partial charge in [-0.3, -0.25) is 5.84 Å². The van der Waals surface area contributed by atoms with Gasteiger partial charge in [0.15, 0.2) is 5.03 Å². The van der Waals surface area contributed by atoms with E-state index in [2.05, 4.69) is 10.4 Å². The molecule has 0 saturated carbocycles. The summed E-state index contributed by atoms with van der Waals surface area (Å²) in [5.74, 6) is 5.32. The van der Waals surface area contributed by atoms with Crippen LogP contribution in [0.3, 0.4) is 0 Å². The maximum atomic E-state index is 12.6. The highest BCUT2D eigenvalue weighted by atomic mass is 32.2. The Kier molecular flexibility index (Phi) is 4.55. The van der Waals surface area contributed by atoms with E-state index in [1.54, 1.807) is 13.0 Å². The standard InChI is InChI=1S/C11H18N4O4S/c1-8-5-15(6-9(7-16)19-8)20(17,18)11-10(14-12)3-2-4-13-11/h2-4,8-9,14,16H,5-7,12H2,1H3. The van der Waals surface area contributed by atoms with Gasteiger partial charge in [0.25, 0.3) is 10.0 Å².